The molecule has 1 saturated heterocycles. The highest BCUT2D eigenvalue weighted by Gasteiger charge is 2.31. The van der Waals surface area contributed by atoms with E-state index in [4.69, 9.17) is 14.5 Å². The van der Waals surface area contributed by atoms with E-state index in [1.165, 1.54) is 0 Å². The minimum Gasteiger partial charge on any atom is -0.444 e. The molecule has 2 amide bonds. The summed E-state index contributed by atoms with van der Waals surface area (Å²) >= 11 is 0. The van der Waals surface area contributed by atoms with Gasteiger partial charge >= 0.3 is 6.09 Å². The van der Waals surface area contributed by atoms with Gasteiger partial charge in [-0.3, -0.25) is 4.79 Å². The highest BCUT2D eigenvalue weighted by atomic mass is 28.3. The average Bonchev–Trinajstić information content (AvgIpc) is 3.14. The van der Waals surface area contributed by atoms with E-state index in [-0.39, 0.29) is 24.0 Å². The Morgan fingerprint density at radius 1 is 1.24 bits per heavy atom. The van der Waals surface area contributed by atoms with Crippen molar-refractivity contribution in [2.75, 3.05) is 31.6 Å². The topological polar surface area (TPSA) is 111 Å². The first-order chi connectivity index (χ1) is 17.3. The summed E-state index contributed by atoms with van der Waals surface area (Å²) in [6, 6.07) is 1.19. The van der Waals surface area contributed by atoms with E-state index in [0.29, 0.717) is 55.5 Å². The summed E-state index contributed by atoms with van der Waals surface area (Å²) in [4.78, 5) is 36.5. The minimum atomic E-state index is -1.19. The molecule has 1 aliphatic heterocycles. The summed E-state index contributed by atoms with van der Waals surface area (Å²) in [7, 11) is -1.19. The molecule has 0 saturated carbocycles. The molecule has 206 valence electrons. The number of hydrogen-bond donors (Lipinski definition) is 2. The second kappa shape index (κ2) is 11.8. The summed E-state index contributed by atoms with van der Waals surface area (Å²) in [5.74, 6) is 0.614. The first-order valence-corrected chi connectivity index (χ1v) is 16.9. The van der Waals surface area contributed by atoms with Gasteiger partial charge in [-0.25, -0.2) is 14.8 Å². The van der Waals surface area contributed by atoms with Gasteiger partial charge in [-0.2, -0.15) is 0 Å². The van der Waals surface area contributed by atoms with Crippen molar-refractivity contribution in [3.63, 3.8) is 0 Å². The van der Waals surface area contributed by atoms with Gasteiger partial charge in [0, 0.05) is 46.6 Å². The van der Waals surface area contributed by atoms with Crippen molar-refractivity contribution >= 4 is 37.1 Å². The molecular formula is C26H44N6O4Si. The van der Waals surface area contributed by atoms with E-state index in [1.54, 1.807) is 17.3 Å². The number of anilines is 1. The zero-order valence-corrected chi connectivity index (χ0v) is 24.7. The number of carbonyl (C=O) groups excluding carboxylic acids is 2. The second-order valence-corrected chi connectivity index (χ2v) is 17.7. The quantitative estimate of drug-likeness (QED) is 0.360. The molecule has 0 aliphatic carbocycles. The Kier molecular flexibility index (Phi) is 9.22. The van der Waals surface area contributed by atoms with Gasteiger partial charge in [-0.05, 0) is 46.1 Å². The predicted octanol–water partition coefficient (Wildman–Crippen LogP) is 4.55. The summed E-state index contributed by atoms with van der Waals surface area (Å²) in [6.07, 6.45) is 3.96. The molecule has 37 heavy (non-hydrogen) atoms. The number of nitrogens with zero attached hydrogens (tertiary/aromatic N) is 4. The molecule has 2 aromatic rings. The van der Waals surface area contributed by atoms with Crippen LogP contribution in [0.3, 0.4) is 0 Å². The van der Waals surface area contributed by atoms with Crippen molar-refractivity contribution in [2.24, 2.45) is 5.92 Å². The van der Waals surface area contributed by atoms with Gasteiger partial charge in [0.05, 0.1) is 11.8 Å². The molecule has 0 bridgehead atoms. The Morgan fingerprint density at radius 2 is 1.97 bits per heavy atom. The smallest absolute Gasteiger partial charge is 0.410 e. The molecule has 2 N–H and O–H groups in total. The van der Waals surface area contributed by atoms with Crippen molar-refractivity contribution in [1.29, 1.82) is 0 Å². The number of hydrogen-bond acceptors (Lipinski definition) is 7. The van der Waals surface area contributed by atoms with Crippen LogP contribution in [0.25, 0.3) is 11.2 Å². The molecule has 11 heteroatoms. The first kappa shape index (κ1) is 28.9. The molecule has 10 nitrogen and oxygen atoms in total. The van der Waals surface area contributed by atoms with Gasteiger partial charge in [-0.15, -0.1) is 0 Å². The Hall–Kier alpha value is -2.66. The van der Waals surface area contributed by atoms with Crippen LogP contribution in [-0.2, 0) is 16.2 Å². The highest BCUT2D eigenvalue weighted by molar-refractivity contribution is 6.76. The molecule has 3 heterocycles. The number of rotatable bonds is 9. The molecule has 1 fully saturated rings. The van der Waals surface area contributed by atoms with Gasteiger partial charge in [0.25, 0.3) is 5.91 Å². The number of nitrogens with one attached hydrogen (secondary N) is 2. The fraction of sp³-hybridized carbons (Fsp3) is 0.692. The van der Waals surface area contributed by atoms with Crippen LogP contribution in [0.1, 0.15) is 51.4 Å². The highest BCUT2D eigenvalue weighted by Crippen LogP contribution is 2.25. The summed E-state index contributed by atoms with van der Waals surface area (Å²) in [5, 5.41) is 6.36. The largest absolute Gasteiger partial charge is 0.444 e. The lowest BCUT2D eigenvalue weighted by atomic mass is 9.94. The van der Waals surface area contributed by atoms with E-state index >= 15 is 0 Å². The molecule has 1 aliphatic rings. The van der Waals surface area contributed by atoms with Gasteiger partial charge < -0.3 is 29.6 Å². The van der Waals surface area contributed by atoms with E-state index < -0.39 is 13.7 Å². The van der Waals surface area contributed by atoms with Crippen LogP contribution in [0.2, 0.25) is 25.7 Å². The van der Waals surface area contributed by atoms with Gasteiger partial charge in [0.15, 0.2) is 5.65 Å². The van der Waals surface area contributed by atoms with Crippen molar-refractivity contribution < 1.29 is 19.1 Å². The molecule has 0 radical (unpaired) electrons. The molecule has 0 unspecified atom stereocenters. The monoisotopic (exact) mass is 532 g/mol. The maximum Gasteiger partial charge on any atom is 0.410 e. The van der Waals surface area contributed by atoms with Crippen molar-refractivity contribution in [2.45, 2.75) is 85.1 Å². The van der Waals surface area contributed by atoms with Crippen LogP contribution in [0.4, 0.5) is 10.6 Å². The van der Waals surface area contributed by atoms with Crippen LogP contribution >= 0.6 is 0 Å². The lowest BCUT2D eigenvalue weighted by Crippen LogP contribution is -2.49. The molecule has 0 spiro atoms. The number of amides is 2. The number of piperidine rings is 1. The SMILES string of the molecule is CCNC(=O)c1cn(COCC[Si](C)(C)C)c2ncc(N[C@H]3CCN(C(=O)OC(C)(C)C)C[C@@H]3C)nc12. The Labute approximate surface area is 221 Å². The summed E-state index contributed by atoms with van der Waals surface area (Å²) in [5.41, 5.74) is 1.13. The number of likely N-dealkylation sites (tertiary alicyclic amines) is 1. The first-order valence-electron chi connectivity index (χ1n) is 13.2. The Bertz CT molecular complexity index is 1090. The van der Waals surface area contributed by atoms with Gasteiger partial charge in [-0.1, -0.05) is 26.6 Å². The van der Waals surface area contributed by atoms with Crippen molar-refractivity contribution in [3.05, 3.63) is 18.0 Å². The van der Waals surface area contributed by atoms with Crippen LogP contribution < -0.4 is 10.6 Å². The lowest BCUT2D eigenvalue weighted by molar-refractivity contribution is 0.0164. The van der Waals surface area contributed by atoms with Crippen molar-refractivity contribution in [3.8, 4) is 0 Å². The van der Waals surface area contributed by atoms with Gasteiger partial charge in [0.2, 0.25) is 0 Å². The van der Waals surface area contributed by atoms with Gasteiger partial charge in [0.1, 0.15) is 23.7 Å². The standard InChI is InChI=1S/C26H44N6O4Si/c1-9-27-24(33)19-16-32(17-35-12-13-37(6,7)8)23-22(19)30-21(14-28-23)29-20-10-11-31(15-18(20)2)25(34)36-26(3,4)5/h14,16,18,20H,9-13,15,17H2,1-8H3,(H,27,33)(H,29,30)/t18-,20-/m0/s1. The minimum absolute atomic E-state index is 0.116. The van der Waals surface area contributed by atoms with Crippen LogP contribution in [0, 0.1) is 5.92 Å². The van der Waals surface area contributed by atoms with E-state index in [9.17, 15) is 9.59 Å². The Morgan fingerprint density at radius 3 is 2.59 bits per heavy atom. The number of fused-ring (bicyclic) bond motifs is 1. The fourth-order valence-electron chi connectivity index (χ4n) is 4.23. The molecular weight excluding hydrogens is 488 g/mol. The van der Waals surface area contributed by atoms with E-state index in [2.05, 4.69) is 42.2 Å². The zero-order valence-electron chi connectivity index (χ0n) is 23.7. The molecule has 0 aromatic carbocycles. The number of aromatic nitrogens is 3. The van der Waals surface area contributed by atoms with Crippen LogP contribution in [0.15, 0.2) is 12.4 Å². The van der Waals surface area contributed by atoms with E-state index in [0.717, 1.165) is 12.5 Å². The summed E-state index contributed by atoms with van der Waals surface area (Å²) in [6.45, 7) is 19.3. The van der Waals surface area contributed by atoms with Crippen LogP contribution in [0.5, 0.6) is 0 Å². The zero-order chi connectivity index (χ0) is 27.4. The van der Waals surface area contributed by atoms with Crippen molar-refractivity contribution in [1.82, 2.24) is 24.8 Å². The third-order valence-corrected chi connectivity index (χ3v) is 7.97. The maximum atomic E-state index is 12.8. The second-order valence-electron chi connectivity index (χ2n) is 12.1. The Balaban J connectivity index is 1.73. The molecule has 3 rings (SSSR count). The van der Waals surface area contributed by atoms with Crippen LogP contribution in [-0.4, -0.2) is 77.4 Å². The average molecular weight is 533 g/mol. The third kappa shape index (κ3) is 8.16. The number of ether oxygens (including phenoxy) is 2. The normalized spacial score (nSPS) is 18.6. The third-order valence-electron chi connectivity index (χ3n) is 6.26. The fourth-order valence-corrected chi connectivity index (χ4v) is 4.98. The predicted molar refractivity (Wildman–Crippen MR) is 149 cm³/mol. The lowest BCUT2D eigenvalue weighted by Gasteiger charge is -2.38. The molecule has 2 atom stereocenters. The summed E-state index contributed by atoms with van der Waals surface area (Å²) < 4.78 is 13.3. The maximum absolute atomic E-state index is 12.8. The molecule has 2 aromatic heterocycles. The number of carbonyl (C=O) groups is 2. The van der Waals surface area contributed by atoms with E-state index in [1.807, 2.05) is 32.3 Å².